The molecule has 86 valence electrons. The first-order chi connectivity index (χ1) is 7.70. The minimum absolute atomic E-state index is 0.0909. The fraction of sp³-hybridized carbons (Fsp3) is 0.417. The van der Waals surface area contributed by atoms with Crippen LogP contribution in [0.1, 0.15) is 24.0 Å². The third kappa shape index (κ3) is 2.44. The zero-order valence-corrected chi connectivity index (χ0v) is 10.6. The van der Waals surface area contributed by atoms with Gasteiger partial charge in [-0.15, -0.1) is 0 Å². The summed E-state index contributed by atoms with van der Waals surface area (Å²) in [5.41, 5.74) is 8.81. The highest BCUT2D eigenvalue weighted by molar-refractivity contribution is 9.10. The SMILES string of the molecule is NCCCCc1cc(Br)cc2c1NC(=O)C2. The van der Waals surface area contributed by atoms with Gasteiger partial charge < -0.3 is 11.1 Å². The van der Waals surface area contributed by atoms with Crippen molar-refractivity contribution in [1.82, 2.24) is 0 Å². The third-order valence-electron chi connectivity index (χ3n) is 2.78. The molecule has 0 saturated carbocycles. The average molecular weight is 283 g/mol. The van der Waals surface area contributed by atoms with E-state index in [-0.39, 0.29) is 5.91 Å². The van der Waals surface area contributed by atoms with E-state index in [4.69, 9.17) is 5.73 Å². The number of benzene rings is 1. The zero-order chi connectivity index (χ0) is 11.5. The van der Waals surface area contributed by atoms with Gasteiger partial charge in [0.1, 0.15) is 0 Å². The van der Waals surface area contributed by atoms with Crippen molar-refractivity contribution in [2.75, 3.05) is 11.9 Å². The largest absolute Gasteiger partial charge is 0.330 e. The number of hydrogen-bond donors (Lipinski definition) is 2. The van der Waals surface area contributed by atoms with Gasteiger partial charge in [0.2, 0.25) is 5.91 Å². The van der Waals surface area contributed by atoms with Crippen LogP contribution in [0.3, 0.4) is 0 Å². The molecule has 1 heterocycles. The predicted molar refractivity (Wildman–Crippen MR) is 68.5 cm³/mol. The van der Waals surface area contributed by atoms with Gasteiger partial charge in [-0.3, -0.25) is 4.79 Å². The molecular weight excluding hydrogens is 268 g/mol. The first-order valence-electron chi connectivity index (χ1n) is 5.52. The molecule has 0 atom stereocenters. The summed E-state index contributed by atoms with van der Waals surface area (Å²) in [5.74, 6) is 0.0909. The van der Waals surface area contributed by atoms with E-state index in [0.29, 0.717) is 6.42 Å². The molecule has 1 aliphatic heterocycles. The Balaban J connectivity index is 2.21. The Morgan fingerprint density at radius 1 is 1.38 bits per heavy atom. The summed E-state index contributed by atoms with van der Waals surface area (Å²) in [5, 5.41) is 2.93. The van der Waals surface area contributed by atoms with Crippen molar-refractivity contribution >= 4 is 27.5 Å². The average Bonchev–Trinajstić information content (AvgIpc) is 2.58. The Morgan fingerprint density at radius 3 is 2.94 bits per heavy atom. The van der Waals surface area contributed by atoms with E-state index in [1.807, 2.05) is 6.07 Å². The lowest BCUT2D eigenvalue weighted by Gasteiger charge is -2.08. The number of amides is 1. The molecule has 0 aliphatic carbocycles. The minimum atomic E-state index is 0.0909. The Morgan fingerprint density at radius 2 is 2.19 bits per heavy atom. The number of nitrogens with one attached hydrogen (secondary N) is 1. The van der Waals surface area contributed by atoms with Crippen molar-refractivity contribution in [3.05, 3.63) is 27.7 Å². The number of fused-ring (bicyclic) bond motifs is 1. The summed E-state index contributed by atoms with van der Waals surface area (Å²) in [6.07, 6.45) is 3.56. The van der Waals surface area contributed by atoms with Gasteiger partial charge in [0, 0.05) is 10.2 Å². The second-order valence-electron chi connectivity index (χ2n) is 4.07. The van der Waals surface area contributed by atoms with Crippen molar-refractivity contribution in [3.63, 3.8) is 0 Å². The molecule has 3 N–H and O–H groups in total. The van der Waals surface area contributed by atoms with E-state index in [9.17, 15) is 4.79 Å². The summed E-state index contributed by atoms with van der Waals surface area (Å²) >= 11 is 3.48. The highest BCUT2D eigenvalue weighted by Crippen LogP contribution is 2.31. The van der Waals surface area contributed by atoms with Crippen LogP contribution in [-0.2, 0) is 17.6 Å². The van der Waals surface area contributed by atoms with Crippen molar-refractivity contribution in [1.29, 1.82) is 0 Å². The molecule has 0 bridgehead atoms. The minimum Gasteiger partial charge on any atom is -0.330 e. The molecule has 4 heteroatoms. The summed E-state index contributed by atoms with van der Waals surface area (Å²) in [4.78, 5) is 11.3. The maximum atomic E-state index is 11.3. The number of aryl methyl sites for hydroxylation is 1. The standard InChI is InChI=1S/C12H15BrN2O/c13-10-5-8(3-1-2-4-14)12-9(6-10)7-11(16)15-12/h5-6H,1-4,7,14H2,(H,15,16). The van der Waals surface area contributed by atoms with E-state index in [1.54, 1.807) is 0 Å². The number of halogens is 1. The summed E-state index contributed by atoms with van der Waals surface area (Å²) in [6, 6.07) is 4.10. The predicted octanol–water partition coefficient (Wildman–Crippen LogP) is 2.23. The first-order valence-corrected chi connectivity index (χ1v) is 6.31. The Kier molecular flexibility index (Phi) is 3.61. The second kappa shape index (κ2) is 4.97. The smallest absolute Gasteiger partial charge is 0.228 e. The van der Waals surface area contributed by atoms with E-state index in [0.717, 1.165) is 41.5 Å². The fourth-order valence-corrected chi connectivity index (χ4v) is 2.59. The Hall–Kier alpha value is -0.870. The van der Waals surface area contributed by atoms with Gasteiger partial charge in [-0.1, -0.05) is 15.9 Å². The quantitative estimate of drug-likeness (QED) is 0.832. The molecule has 1 aromatic carbocycles. The van der Waals surface area contributed by atoms with Crippen molar-refractivity contribution in [3.8, 4) is 0 Å². The lowest BCUT2D eigenvalue weighted by Crippen LogP contribution is -2.05. The number of nitrogens with two attached hydrogens (primary N) is 1. The van der Waals surface area contributed by atoms with Crippen LogP contribution in [0.2, 0.25) is 0 Å². The van der Waals surface area contributed by atoms with E-state index >= 15 is 0 Å². The molecule has 0 aromatic heterocycles. The molecule has 0 unspecified atom stereocenters. The van der Waals surface area contributed by atoms with E-state index in [2.05, 4.69) is 27.3 Å². The van der Waals surface area contributed by atoms with Gasteiger partial charge in [0.15, 0.2) is 0 Å². The normalized spacial score (nSPS) is 13.8. The molecule has 1 aliphatic rings. The molecule has 0 spiro atoms. The number of rotatable bonds is 4. The number of unbranched alkanes of at least 4 members (excludes halogenated alkanes) is 1. The van der Waals surface area contributed by atoms with E-state index in [1.165, 1.54) is 5.56 Å². The van der Waals surface area contributed by atoms with Gasteiger partial charge in [0.05, 0.1) is 6.42 Å². The van der Waals surface area contributed by atoms with Gasteiger partial charge in [0.25, 0.3) is 0 Å². The van der Waals surface area contributed by atoms with Crippen LogP contribution in [-0.4, -0.2) is 12.5 Å². The topological polar surface area (TPSA) is 55.1 Å². The molecule has 0 saturated heterocycles. The van der Waals surface area contributed by atoms with Crippen molar-refractivity contribution in [2.24, 2.45) is 5.73 Å². The highest BCUT2D eigenvalue weighted by atomic mass is 79.9. The van der Waals surface area contributed by atoms with Crippen LogP contribution in [0.25, 0.3) is 0 Å². The van der Waals surface area contributed by atoms with Crippen LogP contribution < -0.4 is 11.1 Å². The lowest BCUT2D eigenvalue weighted by atomic mass is 10.0. The third-order valence-corrected chi connectivity index (χ3v) is 3.24. The monoisotopic (exact) mass is 282 g/mol. The Labute approximate surface area is 104 Å². The van der Waals surface area contributed by atoms with Gasteiger partial charge in [-0.2, -0.15) is 0 Å². The maximum absolute atomic E-state index is 11.3. The van der Waals surface area contributed by atoms with Crippen molar-refractivity contribution < 1.29 is 4.79 Å². The number of carbonyl (C=O) groups excluding carboxylic acids is 1. The molecule has 16 heavy (non-hydrogen) atoms. The number of anilines is 1. The van der Waals surface area contributed by atoms with Crippen LogP contribution in [0.15, 0.2) is 16.6 Å². The number of carbonyl (C=O) groups is 1. The molecule has 0 radical (unpaired) electrons. The molecule has 0 fully saturated rings. The molecule has 3 nitrogen and oxygen atoms in total. The van der Waals surface area contributed by atoms with E-state index < -0.39 is 0 Å². The van der Waals surface area contributed by atoms with Gasteiger partial charge in [-0.05, 0) is 49.1 Å². The molecule has 2 rings (SSSR count). The summed E-state index contributed by atoms with van der Waals surface area (Å²) < 4.78 is 1.05. The zero-order valence-electron chi connectivity index (χ0n) is 9.05. The number of hydrogen-bond acceptors (Lipinski definition) is 2. The lowest BCUT2D eigenvalue weighted by molar-refractivity contribution is -0.115. The van der Waals surface area contributed by atoms with Gasteiger partial charge >= 0.3 is 0 Å². The van der Waals surface area contributed by atoms with Crippen molar-refractivity contribution in [2.45, 2.75) is 25.7 Å². The maximum Gasteiger partial charge on any atom is 0.228 e. The molecular formula is C12H15BrN2O. The van der Waals surface area contributed by atoms with Gasteiger partial charge in [-0.25, -0.2) is 0 Å². The van der Waals surface area contributed by atoms with Crippen LogP contribution in [0, 0.1) is 0 Å². The summed E-state index contributed by atoms with van der Waals surface area (Å²) in [7, 11) is 0. The van der Waals surface area contributed by atoms with Crippen LogP contribution in [0.5, 0.6) is 0 Å². The summed E-state index contributed by atoms with van der Waals surface area (Å²) in [6.45, 7) is 0.725. The highest BCUT2D eigenvalue weighted by Gasteiger charge is 2.20. The van der Waals surface area contributed by atoms with Crippen LogP contribution in [0.4, 0.5) is 5.69 Å². The molecule has 1 amide bonds. The van der Waals surface area contributed by atoms with Crippen LogP contribution >= 0.6 is 15.9 Å². The fourth-order valence-electron chi connectivity index (χ4n) is 2.04. The Bertz CT molecular complexity index is 418. The first kappa shape index (κ1) is 11.6. The second-order valence-corrected chi connectivity index (χ2v) is 4.99. The molecule has 1 aromatic rings.